The number of carbonyl (C=O) groups is 1. The minimum absolute atomic E-state index is 0.0227. The van der Waals surface area contributed by atoms with E-state index < -0.39 is 10.0 Å². The number of nitrogens with one attached hydrogen (secondary N) is 2. The molecule has 2 rings (SSSR count). The predicted molar refractivity (Wildman–Crippen MR) is 104 cm³/mol. The molecule has 0 fully saturated rings. The van der Waals surface area contributed by atoms with E-state index in [1.807, 2.05) is 6.07 Å². The van der Waals surface area contributed by atoms with Crippen LogP contribution in [0.2, 0.25) is 10.0 Å². The van der Waals surface area contributed by atoms with Crippen molar-refractivity contribution in [3.05, 3.63) is 63.6 Å². The van der Waals surface area contributed by atoms with Gasteiger partial charge in [-0.05, 0) is 48.9 Å². The molecule has 9 heteroatoms. The number of nitriles is 1. The van der Waals surface area contributed by atoms with Crippen molar-refractivity contribution in [1.82, 2.24) is 10.0 Å². The van der Waals surface area contributed by atoms with E-state index >= 15 is 0 Å². The lowest BCUT2D eigenvalue weighted by Gasteiger charge is -2.15. The van der Waals surface area contributed by atoms with Crippen LogP contribution >= 0.6 is 23.2 Å². The Bertz CT molecular complexity index is 970. The zero-order chi connectivity index (χ0) is 20.0. The summed E-state index contributed by atoms with van der Waals surface area (Å²) in [5.41, 5.74) is 1.11. The maximum absolute atomic E-state index is 12.4. The molecule has 0 aliphatic rings. The summed E-state index contributed by atoms with van der Waals surface area (Å²) in [6.07, 6.45) is 0.0757. The minimum Gasteiger partial charge on any atom is -0.346 e. The van der Waals surface area contributed by atoms with Crippen LogP contribution in [0.5, 0.6) is 0 Å². The van der Waals surface area contributed by atoms with E-state index in [-0.39, 0.29) is 29.8 Å². The van der Waals surface area contributed by atoms with Gasteiger partial charge in [-0.1, -0.05) is 29.3 Å². The average Bonchev–Trinajstić information content (AvgIpc) is 2.64. The lowest BCUT2D eigenvalue weighted by molar-refractivity contribution is 0.0940. The van der Waals surface area contributed by atoms with Crippen molar-refractivity contribution < 1.29 is 13.2 Å². The molecule has 6 nitrogen and oxygen atoms in total. The molecule has 0 radical (unpaired) electrons. The van der Waals surface area contributed by atoms with E-state index in [4.69, 9.17) is 28.5 Å². The molecule has 27 heavy (non-hydrogen) atoms. The van der Waals surface area contributed by atoms with Gasteiger partial charge in [0.15, 0.2) is 0 Å². The average molecular weight is 426 g/mol. The van der Waals surface area contributed by atoms with Crippen LogP contribution in [-0.4, -0.2) is 20.9 Å². The summed E-state index contributed by atoms with van der Waals surface area (Å²) in [4.78, 5) is 12.4. The highest BCUT2D eigenvalue weighted by Crippen LogP contribution is 2.25. The first-order valence-electron chi connectivity index (χ1n) is 7.97. The Hall–Kier alpha value is -2.11. The molecule has 1 atom stereocenters. The molecule has 0 aliphatic heterocycles. The van der Waals surface area contributed by atoms with E-state index in [9.17, 15) is 13.2 Å². The molecule has 0 aromatic heterocycles. The van der Waals surface area contributed by atoms with Crippen LogP contribution in [0, 0.1) is 11.3 Å². The molecule has 0 heterocycles. The maximum Gasteiger partial charge on any atom is 0.251 e. The molecule has 0 bridgehead atoms. The van der Waals surface area contributed by atoms with Gasteiger partial charge in [0.2, 0.25) is 10.0 Å². The van der Waals surface area contributed by atoms with E-state index in [0.717, 1.165) is 5.56 Å². The van der Waals surface area contributed by atoms with Crippen LogP contribution in [0.1, 0.15) is 35.3 Å². The van der Waals surface area contributed by atoms with Gasteiger partial charge >= 0.3 is 0 Å². The summed E-state index contributed by atoms with van der Waals surface area (Å²) < 4.78 is 26.4. The number of carbonyl (C=O) groups excluding carboxylic acids is 1. The number of hydrogen-bond acceptors (Lipinski definition) is 4. The summed E-state index contributed by atoms with van der Waals surface area (Å²) in [5.74, 6) is -0.352. The predicted octanol–water partition coefficient (Wildman–Crippen LogP) is 3.68. The lowest BCUT2D eigenvalue weighted by Crippen LogP contribution is -2.27. The number of halogens is 2. The van der Waals surface area contributed by atoms with Crippen LogP contribution in [-0.2, 0) is 10.0 Å². The Balaban J connectivity index is 2.06. The van der Waals surface area contributed by atoms with E-state index in [0.29, 0.717) is 15.6 Å². The molecule has 0 spiro atoms. The largest absolute Gasteiger partial charge is 0.346 e. The SMILES string of the molecule is CC(NC(=O)c1ccc(S(=O)(=O)NCCC#N)cc1)c1ccc(Cl)c(Cl)c1. The van der Waals surface area contributed by atoms with Crippen molar-refractivity contribution in [1.29, 1.82) is 5.26 Å². The molecule has 142 valence electrons. The fourth-order valence-corrected chi connectivity index (χ4v) is 3.59. The maximum atomic E-state index is 12.4. The Labute approximate surface area is 168 Å². The van der Waals surface area contributed by atoms with Gasteiger partial charge in [-0.2, -0.15) is 5.26 Å². The number of rotatable bonds is 7. The van der Waals surface area contributed by atoms with Gasteiger partial charge in [0.1, 0.15) is 0 Å². The Morgan fingerprint density at radius 1 is 1.15 bits per heavy atom. The van der Waals surface area contributed by atoms with Gasteiger partial charge in [0.05, 0.1) is 27.1 Å². The first-order chi connectivity index (χ1) is 12.7. The summed E-state index contributed by atoms with van der Waals surface area (Å²) >= 11 is 11.9. The van der Waals surface area contributed by atoms with Crippen molar-refractivity contribution in [2.24, 2.45) is 0 Å². The molecule has 1 amide bonds. The van der Waals surface area contributed by atoms with Gasteiger partial charge in [-0.3, -0.25) is 4.79 Å². The molecule has 2 N–H and O–H groups in total. The van der Waals surface area contributed by atoms with Crippen molar-refractivity contribution in [2.45, 2.75) is 24.3 Å². The Kier molecular flexibility index (Phi) is 7.22. The number of nitrogens with zero attached hydrogens (tertiary/aromatic N) is 1. The molecular formula is C18H17Cl2N3O3S. The molecule has 0 saturated carbocycles. The normalized spacial score (nSPS) is 12.2. The zero-order valence-corrected chi connectivity index (χ0v) is 16.7. The Morgan fingerprint density at radius 3 is 2.41 bits per heavy atom. The molecule has 1 unspecified atom stereocenters. The van der Waals surface area contributed by atoms with Crippen LogP contribution in [0.4, 0.5) is 0 Å². The minimum atomic E-state index is -3.71. The lowest BCUT2D eigenvalue weighted by atomic mass is 10.1. The molecule has 2 aromatic rings. The second-order valence-corrected chi connectivity index (χ2v) is 8.28. The summed E-state index contributed by atoms with van der Waals surface area (Å²) in [5, 5.41) is 12.1. The third-order valence-electron chi connectivity index (χ3n) is 3.75. The third-order valence-corrected chi connectivity index (χ3v) is 5.96. The van der Waals surface area contributed by atoms with E-state index in [2.05, 4.69) is 10.0 Å². The number of benzene rings is 2. The summed E-state index contributed by atoms with van der Waals surface area (Å²) in [7, 11) is -3.71. The van der Waals surface area contributed by atoms with E-state index in [1.165, 1.54) is 24.3 Å². The standard InChI is InChI=1S/C18H17Cl2N3O3S/c1-12(14-5-8-16(19)17(20)11-14)23-18(24)13-3-6-15(7-4-13)27(25,26)22-10-2-9-21/h3-8,11-12,22H,2,10H2,1H3,(H,23,24). The number of hydrogen-bond donors (Lipinski definition) is 2. The summed E-state index contributed by atoms with van der Waals surface area (Å²) in [6, 6.07) is 12.2. The zero-order valence-electron chi connectivity index (χ0n) is 14.4. The number of sulfonamides is 1. The molecule has 2 aromatic carbocycles. The van der Waals surface area contributed by atoms with Gasteiger partial charge in [-0.15, -0.1) is 0 Å². The third kappa shape index (κ3) is 5.68. The van der Waals surface area contributed by atoms with Gasteiger partial charge in [-0.25, -0.2) is 13.1 Å². The smallest absolute Gasteiger partial charge is 0.251 e. The quantitative estimate of drug-likeness (QED) is 0.660. The van der Waals surface area contributed by atoms with Gasteiger partial charge in [0.25, 0.3) is 5.91 Å². The van der Waals surface area contributed by atoms with Gasteiger partial charge < -0.3 is 5.32 Å². The molecular weight excluding hydrogens is 409 g/mol. The highest BCUT2D eigenvalue weighted by molar-refractivity contribution is 7.89. The second-order valence-electron chi connectivity index (χ2n) is 5.70. The highest BCUT2D eigenvalue weighted by Gasteiger charge is 2.16. The van der Waals surface area contributed by atoms with Crippen molar-refractivity contribution in [2.75, 3.05) is 6.54 Å². The van der Waals surface area contributed by atoms with Crippen molar-refractivity contribution in [3.63, 3.8) is 0 Å². The van der Waals surface area contributed by atoms with Crippen molar-refractivity contribution in [3.8, 4) is 6.07 Å². The van der Waals surface area contributed by atoms with Crippen LogP contribution in [0.25, 0.3) is 0 Å². The molecule has 0 saturated heterocycles. The summed E-state index contributed by atoms with van der Waals surface area (Å²) in [6.45, 7) is 1.83. The number of amides is 1. The first kappa shape index (κ1) is 21.2. The fourth-order valence-electron chi connectivity index (χ4n) is 2.26. The van der Waals surface area contributed by atoms with Gasteiger partial charge in [0, 0.05) is 18.5 Å². The Morgan fingerprint density at radius 2 is 1.81 bits per heavy atom. The fraction of sp³-hybridized carbons (Fsp3) is 0.222. The highest BCUT2D eigenvalue weighted by atomic mass is 35.5. The van der Waals surface area contributed by atoms with Crippen molar-refractivity contribution >= 4 is 39.1 Å². The topological polar surface area (TPSA) is 99.1 Å². The van der Waals surface area contributed by atoms with Crippen LogP contribution in [0.3, 0.4) is 0 Å². The first-order valence-corrected chi connectivity index (χ1v) is 10.2. The van der Waals surface area contributed by atoms with E-state index in [1.54, 1.807) is 25.1 Å². The van der Waals surface area contributed by atoms with Crippen LogP contribution in [0.15, 0.2) is 47.4 Å². The molecule has 0 aliphatic carbocycles. The monoisotopic (exact) mass is 425 g/mol. The van der Waals surface area contributed by atoms with Crippen LogP contribution < -0.4 is 10.0 Å². The second kappa shape index (κ2) is 9.20.